The van der Waals surface area contributed by atoms with Crippen molar-refractivity contribution in [2.24, 2.45) is 0 Å². The largest absolute Gasteiger partial charge is 0.325 e. The topological polar surface area (TPSA) is 86.8 Å². The zero-order valence-corrected chi connectivity index (χ0v) is 19.5. The maximum Gasteiger partial charge on any atom is 0.244 e. The first-order valence-electron chi connectivity index (χ1n) is 10.9. The molecule has 0 radical (unpaired) electrons. The molecule has 0 aromatic heterocycles. The Kier molecular flexibility index (Phi) is 5.85. The van der Waals surface area contributed by atoms with Crippen molar-refractivity contribution in [3.05, 3.63) is 53.6 Å². The zero-order chi connectivity index (χ0) is 23.1. The molecule has 0 atom stereocenters. The first-order valence-corrected chi connectivity index (χ1v) is 12.4. The van der Waals surface area contributed by atoms with Crippen molar-refractivity contribution >= 4 is 33.2 Å². The van der Waals surface area contributed by atoms with Gasteiger partial charge in [0, 0.05) is 24.5 Å². The predicted molar refractivity (Wildman–Crippen MR) is 124 cm³/mol. The molecule has 2 heterocycles. The minimum absolute atomic E-state index is 0.137. The smallest absolute Gasteiger partial charge is 0.244 e. The fourth-order valence-electron chi connectivity index (χ4n) is 4.45. The van der Waals surface area contributed by atoms with Gasteiger partial charge in [0.2, 0.25) is 21.8 Å². The number of piperidine rings is 1. The summed E-state index contributed by atoms with van der Waals surface area (Å²) in [6, 6.07) is 12.3. The highest BCUT2D eigenvalue weighted by molar-refractivity contribution is 7.89. The lowest BCUT2D eigenvalue weighted by Gasteiger charge is -2.26. The van der Waals surface area contributed by atoms with Gasteiger partial charge in [0.25, 0.3) is 0 Å². The summed E-state index contributed by atoms with van der Waals surface area (Å²) in [5.74, 6) is -0.531. The average molecular weight is 456 g/mol. The fourth-order valence-corrected chi connectivity index (χ4v) is 6.00. The number of sulfonamides is 1. The van der Waals surface area contributed by atoms with E-state index in [2.05, 4.69) is 5.32 Å². The molecule has 2 aliphatic heterocycles. The Hall–Kier alpha value is -2.71. The second kappa shape index (κ2) is 8.33. The van der Waals surface area contributed by atoms with Crippen molar-refractivity contribution in [1.29, 1.82) is 0 Å². The Labute approximate surface area is 189 Å². The van der Waals surface area contributed by atoms with Gasteiger partial charge in [-0.05, 0) is 75.1 Å². The van der Waals surface area contributed by atoms with Gasteiger partial charge in [-0.3, -0.25) is 9.59 Å². The van der Waals surface area contributed by atoms with Crippen LogP contribution in [0.2, 0.25) is 0 Å². The van der Waals surface area contributed by atoms with E-state index in [0.29, 0.717) is 30.0 Å². The molecule has 1 N–H and O–H groups in total. The van der Waals surface area contributed by atoms with E-state index in [0.717, 1.165) is 24.8 Å². The van der Waals surface area contributed by atoms with Gasteiger partial charge in [-0.2, -0.15) is 4.31 Å². The zero-order valence-electron chi connectivity index (χ0n) is 18.7. The van der Waals surface area contributed by atoms with Crippen LogP contribution in [-0.2, 0) is 25.0 Å². The van der Waals surface area contributed by atoms with Crippen LogP contribution in [0.25, 0.3) is 0 Å². The van der Waals surface area contributed by atoms with Crippen molar-refractivity contribution in [2.75, 3.05) is 29.9 Å². The Bertz CT molecular complexity index is 1170. The molecule has 1 saturated heterocycles. The molecule has 1 fully saturated rings. The van der Waals surface area contributed by atoms with E-state index in [1.807, 2.05) is 25.1 Å². The molecule has 0 spiro atoms. The number of benzene rings is 2. The third kappa shape index (κ3) is 4.04. The molecular formula is C24H29N3O4S. The third-order valence-corrected chi connectivity index (χ3v) is 8.16. The summed E-state index contributed by atoms with van der Waals surface area (Å²) in [6.07, 6.45) is 2.76. The molecule has 0 unspecified atom stereocenters. The van der Waals surface area contributed by atoms with Crippen molar-refractivity contribution in [1.82, 2.24) is 4.31 Å². The molecule has 2 aromatic carbocycles. The second-order valence-corrected chi connectivity index (χ2v) is 11.0. The lowest BCUT2D eigenvalue weighted by Crippen LogP contribution is -2.40. The van der Waals surface area contributed by atoms with E-state index in [9.17, 15) is 18.0 Å². The van der Waals surface area contributed by atoms with E-state index < -0.39 is 15.4 Å². The minimum atomic E-state index is -3.61. The Morgan fingerprint density at radius 1 is 1.06 bits per heavy atom. The molecule has 0 saturated carbocycles. The molecule has 0 aliphatic carbocycles. The number of amides is 2. The summed E-state index contributed by atoms with van der Waals surface area (Å²) in [6.45, 7) is 6.38. The number of hydrogen-bond acceptors (Lipinski definition) is 4. The highest BCUT2D eigenvalue weighted by atomic mass is 32.2. The van der Waals surface area contributed by atoms with E-state index in [1.54, 1.807) is 38.1 Å². The van der Waals surface area contributed by atoms with Crippen LogP contribution in [0.5, 0.6) is 0 Å². The quantitative estimate of drug-likeness (QED) is 0.748. The number of rotatable bonds is 5. The summed E-state index contributed by atoms with van der Waals surface area (Å²) in [5, 5.41) is 2.83. The average Bonchev–Trinajstić information content (AvgIpc) is 2.94. The molecule has 4 rings (SSSR count). The monoisotopic (exact) mass is 455 g/mol. The van der Waals surface area contributed by atoms with Crippen LogP contribution in [-0.4, -0.2) is 44.2 Å². The lowest BCUT2D eigenvalue weighted by atomic mass is 9.86. The summed E-state index contributed by atoms with van der Waals surface area (Å²) in [4.78, 5) is 27.5. The van der Waals surface area contributed by atoms with Crippen LogP contribution in [0, 0.1) is 6.92 Å². The Morgan fingerprint density at radius 3 is 2.47 bits per heavy atom. The van der Waals surface area contributed by atoms with Gasteiger partial charge < -0.3 is 10.2 Å². The number of carbonyl (C=O) groups is 2. The van der Waals surface area contributed by atoms with Crippen LogP contribution in [0.15, 0.2) is 47.4 Å². The van der Waals surface area contributed by atoms with Crippen LogP contribution < -0.4 is 10.2 Å². The highest BCUT2D eigenvalue weighted by Crippen LogP contribution is 2.42. The number of hydrogen-bond donors (Lipinski definition) is 1. The van der Waals surface area contributed by atoms with Gasteiger partial charge in [-0.1, -0.05) is 18.6 Å². The van der Waals surface area contributed by atoms with Crippen LogP contribution >= 0.6 is 0 Å². The molecule has 170 valence electrons. The van der Waals surface area contributed by atoms with Crippen molar-refractivity contribution < 1.29 is 18.0 Å². The van der Waals surface area contributed by atoms with E-state index in [-0.39, 0.29) is 23.3 Å². The molecule has 8 heteroatoms. The number of nitrogens with zero attached hydrogens (tertiary/aromatic N) is 2. The summed E-state index contributed by atoms with van der Waals surface area (Å²) >= 11 is 0. The molecule has 2 amide bonds. The molecule has 2 aromatic rings. The first kappa shape index (κ1) is 22.5. The summed E-state index contributed by atoms with van der Waals surface area (Å²) < 4.78 is 27.8. The van der Waals surface area contributed by atoms with Crippen molar-refractivity contribution in [3.8, 4) is 0 Å². The minimum Gasteiger partial charge on any atom is -0.325 e. The molecule has 2 aliphatic rings. The normalized spacial score (nSPS) is 18.5. The summed E-state index contributed by atoms with van der Waals surface area (Å²) in [5.41, 5.74) is 1.98. The number of carbonyl (C=O) groups excluding carboxylic acids is 2. The van der Waals surface area contributed by atoms with E-state index in [1.165, 1.54) is 9.21 Å². The number of nitrogens with one attached hydrogen (secondary N) is 1. The SMILES string of the molecule is Cc1cccc(NC(=O)CN2C(=O)C(C)(C)c3cc(S(=O)(=O)N4CCCCC4)ccc32)c1. The van der Waals surface area contributed by atoms with Crippen LogP contribution in [0.1, 0.15) is 44.2 Å². The van der Waals surface area contributed by atoms with Gasteiger partial charge in [0.15, 0.2) is 0 Å². The lowest BCUT2D eigenvalue weighted by molar-refractivity contribution is -0.124. The third-order valence-electron chi connectivity index (χ3n) is 6.27. The first-order chi connectivity index (χ1) is 15.1. The maximum absolute atomic E-state index is 13.2. The molecule has 32 heavy (non-hydrogen) atoms. The van der Waals surface area contributed by atoms with E-state index in [4.69, 9.17) is 0 Å². The van der Waals surface area contributed by atoms with Gasteiger partial charge in [0.1, 0.15) is 6.54 Å². The Balaban J connectivity index is 1.60. The number of anilines is 2. The van der Waals surface area contributed by atoms with E-state index >= 15 is 0 Å². The number of fused-ring (bicyclic) bond motifs is 1. The van der Waals surface area contributed by atoms with Crippen LogP contribution in [0.3, 0.4) is 0 Å². The second-order valence-electron chi connectivity index (χ2n) is 9.08. The Morgan fingerprint density at radius 2 is 1.78 bits per heavy atom. The van der Waals surface area contributed by atoms with Crippen LogP contribution in [0.4, 0.5) is 11.4 Å². The van der Waals surface area contributed by atoms with Gasteiger partial charge in [0.05, 0.1) is 10.3 Å². The fraction of sp³-hybridized carbons (Fsp3) is 0.417. The van der Waals surface area contributed by atoms with Crippen molar-refractivity contribution in [2.45, 2.75) is 50.3 Å². The highest BCUT2D eigenvalue weighted by Gasteiger charge is 2.45. The van der Waals surface area contributed by atoms with Gasteiger partial charge in [-0.15, -0.1) is 0 Å². The summed E-state index contributed by atoms with van der Waals surface area (Å²) in [7, 11) is -3.61. The standard InChI is InChI=1S/C24H29N3O4S/c1-17-8-7-9-18(14-17)25-22(28)16-27-21-11-10-19(15-20(21)24(2,3)23(27)29)32(30,31)26-12-5-4-6-13-26/h7-11,14-15H,4-6,12-13,16H2,1-3H3,(H,25,28). The van der Waals surface area contributed by atoms with Gasteiger partial charge in [-0.25, -0.2) is 8.42 Å². The maximum atomic E-state index is 13.2. The molecule has 7 nitrogen and oxygen atoms in total. The van der Waals surface area contributed by atoms with Gasteiger partial charge >= 0.3 is 0 Å². The van der Waals surface area contributed by atoms with Crippen molar-refractivity contribution in [3.63, 3.8) is 0 Å². The molecular weight excluding hydrogens is 426 g/mol. The number of aryl methyl sites for hydroxylation is 1. The molecule has 0 bridgehead atoms. The predicted octanol–water partition coefficient (Wildman–Crippen LogP) is 3.43.